The lowest BCUT2D eigenvalue weighted by Crippen LogP contribution is -2.52. The van der Waals surface area contributed by atoms with Crippen LogP contribution in [0.1, 0.15) is 60.3 Å². The highest BCUT2D eigenvalue weighted by atomic mass is 16.5. The van der Waals surface area contributed by atoms with Crippen LogP contribution in [0.4, 0.5) is 23.0 Å². The number of hydrogen-bond donors (Lipinski definition) is 2. The summed E-state index contributed by atoms with van der Waals surface area (Å²) in [6.45, 7) is 12.6. The van der Waals surface area contributed by atoms with Gasteiger partial charge in [-0.25, -0.2) is 9.97 Å². The van der Waals surface area contributed by atoms with Crippen LogP contribution in [0.2, 0.25) is 0 Å². The van der Waals surface area contributed by atoms with Gasteiger partial charge in [0.1, 0.15) is 5.69 Å². The number of rotatable bonds is 6. The summed E-state index contributed by atoms with van der Waals surface area (Å²) in [4.78, 5) is 32.8. The molecule has 2 aromatic carbocycles. The molecule has 4 aliphatic rings. The van der Waals surface area contributed by atoms with Crippen molar-refractivity contribution in [1.29, 1.82) is 0 Å². The maximum absolute atomic E-state index is 12.8. The minimum Gasteiger partial charge on any atom is -0.381 e. The minimum absolute atomic E-state index is 0.108. The fraction of sp³-hybridized carbons (Fsp3) is 0.514. The van der Waals surface area contributed by atoms with Crippen LogP contribution in [0.3, 0.4) is 0 Å². The lowest BCUT2D eigenvalue weighted by atomic mass is 9.89. The maximum atomic E-state index is 12.8. The van der Waals surface area contributed by atoms with E-state index in [0.717, 1.165) is 56.2 Å². The van der Waals surface area contributed by atoms with Gasteiger partial charge in [0.25, 0.3) is 5.91 Å². The van der Waals surface area contributed by atoms with Crippen molar-refractivity contribution in [2.45, 2.75) is 57.7 Å². The van der Waals surface area contributed by atoms with E-state index < -0.39 is 5.91 Å². The smallest absolute Gasteiger partial charge is 0.271 e. The summed E-state index contributed by atoms with van der Waals surface area (Å²) < 4.78 is 5.70. The van der Waals surface area contributed by atoms with Gasteiger partial charge in [-0.2, -0.15) is 0 Å². The molecule has 0 aliphatic carbocycles. The molecule has 1 amide bonds. The van der Waals surface area contributed by atoms with Crippen LogP contribution in [-0.2, 0) is 4.74 Å². The molecule has 10 nitrogen and oxygen atoms in total. The zero-order valence-electron chi connectivity index (χ0n) is 26.8. The topological polar surface area (TPSA) is 103 Å². The molecule has 0 spiro atoms. The number of aromatic nitrogens is 2. The maximum Gasteiger partial charge on any atom is 0.271 e. The van der Waals surface area contributed by atoms with Crippen molar-refractivity contribution in [3.63, 3.8) is 0 Å². The van der Waals surface area contributed by atoms with Crippen LogP contribution < -0.4 is 20.9 Å². The summed E-state index contributed by atoms with van der Waals surface area (Å²) >= 11 is 0. The summed E-state index contributed by atoms with van der Waals surface area (Å²) in [7, 11) is 2.22. The van der Waals surface area contributed by atoms with E-state index in [1.165, 1.54) is 55.8 Å². The van der Waals surface area contributed by atoms with E-state index in [0.29, 0.717) is 17.6 Å². The molecular formula is C35H46N8O2. The van der Waals surface area contributed by atoms with Gasteiger partial charge in [0.05, 0.1) is 6.04 Å². The van der Waals surface area contributed by atoms with E-state index >= 15 is 0 Å². The Balaban J connectivity index is 1.13. The number of primary amides is 1. The average Bonchev–Trinajstić information content (AvgIpc) is 3.06. The van der Waals surface area contributed by atoms with Crippen LogP contribution in [0.5, 0.6) is 0 Å². The van der Waals surface area contributed by atoms with Crippen molar-refractivity contribution < 1.29 is 9.53 Å². The Hall–Kier alpha value is -3.73. The van der Waals surface area contributed by atoms with Crippen molar-refractivity contribution in [2.24, 2.45) is 5.73 Å². The van der Waals surface area contributed by atoms with Crippen LogP contribution in [0, 0.1) is 6.92 Å². The summed E-state index contributed by atoms with van der Waals surface area (Å²) in [6.07, 6.45) is 4.23. The number of nitrogens with two attached hydrogens (primary N) is 1. The standard InChI is InChI=1S/C35H46N8O2/c1-23-4-9-29-30(22-23)24(2)43(28-12-20-45-21-13-28)35-31(29)38-32(33(36)44)34(39-35)37-25-5-7-26(8-6-25)41-14-10-27(11-15-41)42-18-16-40(3)17-19-42/h4-9,22,24,27-28H,10-21H2,1-3H3,(H2,36,44)(H,37,39). The first kappa shape index (κ1) is 30.0. The number of likely N-dealkylation sites (N-methyl/N-ethyl adjacent to an activating group) is 1. The van der Waals surface area contributed by atoms with Gasteiger partial charge in [-0.3, -0.25) is 9.69 Å². The van der Waals surface area contributed by atoms with Gasteiger partial charge in [0.2, 0.25) is 0 Å². The van der Waals surface area contributed by atoms with Gasteiger partial charge in [0, 0.05) is 81.5 Å². The van der Waals surface area contributed by atoms with E-state index in [9.17, 15) is 4.79 Å². The van der Waals surface area contributed by atoms with Gasteiger partial charge in [-0.15, -0.1) is 0 Å². The molecule has 1 atom stereocenters. The molecule has 0 bridgehead atoms. The van der Waals surface area contributed by atoms with Crippen molar-refractivity contribution in [3.05, 3.63) is 59.3 Å². The zero-order valence-corrected chi connectivity index (χ0v) is 26.8. The molecule has 1 unspecified atom stereocenters. The van der Waals surface area contributed by atoms with E-state index in [-0.39, 0.29) is 17.8 Å². The Morgan fingerprint density at radius 1 is 0.911 bits per heavy atom. The van der Waals surface area contributed by atoms with E-state index in [4.69, 9.17) is 20.4 Å². The Kier molecular flexibility index (Phi) is 8.37. The molecule has 10 heteroatoms. The third-order valence-corrected chi connectivity index (χ3v) is 10.3. The Morgan fingerprint density at radius 2 is 1.62 bits per heavy atom. The largest absolute Gasteiger partial charge is 0.381 e. The van der Waals surface area contributed by atoms with E-state index in [1.54, 1.807) is 0 Å². The second-order valence-electron chi connectivity index (χ2n) is 13.2. The predicted molar refractivity (Wildman–Crippen MR) is 179 cm³/mol. The van der Waals surface area contributed by atoms with Crippen molar-refractivity contribution >= 4 is 28.9 Å². The summed E-state index contributed by atoms with van der Waals surface area (Å²) in [5.74, 6) is 0.581. The fourth-order valence-electron chi connectivity index (χ4n) is 7.64. The van der Waals surface area contributed by atoms with Gasteiger partial charge < -0.3 is 30.5 Å². The first-order valence-corrected chi connectivity index (χ1v) is 16.6. The number of aryl methyl sites for hydroxylation is 1. The predicted octanol–water partition coefficient (Wildman–Crippen LogP) is 4.57. The first-order valence-electron chi connectivity index (χ1n) is 16.6. The number of fused-ring (bicyclic) bond motifs is 3. The molecule has 3 N–H and O–H groups in total. The zero-order chi connectivity index (χ0) is 31.1. The number of carbonyl (C=O) groups is 1. The number of piperazine rings is 1. The van der Waals surface area contributed by atoms with Crippen LogP contribution in [0.25, 0.3) is 11.3 Å². The van der Waals surface area contributed by atoms with E-state index in [2.05, 4.69) is 88.3 Å². The average molecular weight is 611 g/mol. The monoisotopic (exact) mass is 610 g/mol. The highest BCUT2D eigenvalue weighted by molar-refractivity contribution is 5.98. The second kappa shape index (κ2) is 12.6. The highest BCUT2D eigenvalue weighted by Crippen LogP contribution is 2.46. The summed E-state index contributed by atoms with van der Waals surface area (Å²) in [5, 5.41) is 3.40. The number of benzene rings is 2. The van der Waals surface area contributed by atoms with E-state index in [1.807, 2.05) is 0 Å². The molecular weight excluding hydrogens is 564 g/mol. The number of hydrogen-bond acceptors (Lipinski definition) is 9. The van der Waals surface area contributed by atoms with Gasteiger partial charge in [0.15, 0.2) is 17.3 Å². The minimum atomic E-state index is -0.599. The van der Waals surface area contributed by atoms with Gasteiger partial charge in [-0.1, -0.05) is 23.8 Å². The molecule has 45 heavy (non-hydrogen) atoms. The number of anilines is 4. The first-order chi connectivity index (χ1) is 21.9. The molecule has 5 heterocycles. The van der Waals surface area contributed by atoms with Crippen molar-refractivity contribution in [3.8, 4) is 11.3 Å². The Labute approximate surface area is 266 Å². The Morgan fingerprint density at radius 3 is 2.31 bits per heavy atom. The normalized spacial score (nSPS) is 21.8. The molecule has 3 aromatic rings. The molecule has 1 aromatic heterocycles. The number of nitrogens with one attached hydrogen (secondary N) is 1. The van der Waals surface area contributed by atoms with Crippen LogP contribution in [-0.4, -0.2) is 97.3 Å². The lowest BCUT2D eigenvalue weighted by Gasteiger charge is -2.43. The highest BCUT2D eigenvalue weighted by Gasteiger charge is 2.37. The third-order valence-electron chi connectivity index (χ3n) is 10.3. The fourth-order valence-corrected chi connectivity index (χ4v) is 7.64. The van der Waals surface area contributed by atoms with Gasteiger partial charge in [-0.05, 0) is 76.4 Å². The molecule has 7 rings (SSSR count). The SMILES string of the molecule is Cc1ccc2c(c1)C(C)N(C1CCOCC1)c1nc(Nc3ccc(N4CCC(N5CCN(C)CC5)CC4)cc3)c(C(N)=O)nc1-2. The van der Waals surface area contributed by atoms with Crippen LogP contribution >= 0.6 is 0 Å². The summed E-state index contributed by atoms with van der Waals surface area (Å²) in [6, 6.07) is 15.9. The molecule has 0 saturated carbocycles. The lowest BCUT2D eigenvalue weighted by molar-refractivity contribution is 0.0826. The number of piperidine rings is 1. The molecule has 3 saturated heterocycles. The van der Waals surface area contributed by atoms with Crippen LogP contribution in [0.15, 0.2) is 42.5 Å². The molecule has 3 fully saturated rings. The number of ether oxygens (including phenoxy) is 1. The van der Waals surface area contributed by atoms with Crippen molar-refractivity contribution in [1.82, 2.24) is 19.8 Å². The van der Waals surface area contributed by atoms with Gasteiger partial charge >= 0.3 is 0 Å². The number of amides is 1. The van der Waals surface area contributed by atoms with Crippen molar-refractivity contribution in [2.75, 3.05) is 74.6 Å². The summed E-state index contributed by atoms with van der Waals surface area (Å²) in [5.41, 5.74) is 12.2. The second-order valence-corrected chi connectivity index (χ2v) is 13.2. The molecule has 4 aliphatic heterocycles. The molecule has 0 radical (unpaired) electrons. The third kappa shape index (κ3) is 5.98. The number of nitrogens with zero attached hydrogens (tertiary/aromatic N) is 6. The molecule has 238 valence electrons. The number of carbonyl (C=O) groups excluding carboxylic acids is 1. The quantitative estimate of drug-likeness (QED) is 0.416. The Bertz CT molecular complexity index is 1520.